The van der Waals surface area contributed by atoms with E-state index >= 15 is 4.39 Å². The lowest BCUT2D eigenvalue weighted by molar-refractivity contribution is -0.140. The molecule has 5 amide bonds. The van der Waals surface area contributed by atoms with Crippen LogP contribution in [0, 0.1) is 41.0 Å². The molecule has 0 radical (unpaired) electrons. The topological polar surface area (TPSA) is 394 Å². The molecule has 0 spiro atoms. The number of H-pyrrole nitrogens is 4. The smallest absolute Gasteiger partial charge is 0.409 e. The van der Waals surface area contributed by atoms with E-state index in [4.69, 9.17) is 27.9 Å². The van der Waals surface area contributed by atoms with Gasteiger partial charge in [0, 0.05) is 113 Å². The van der Waals surface area contributed by atoms with Gasteiger partial charge in [-0.3, -0.25) is 19.2 Å². The van der Waals surface area contributed by atoms with Crippen LogP contribution in [0.2, 0.25) is 10.0 Å². The molecule has 0 bridgehead atoms. The third-order valence-corrected chi connectivity index (χ3v) is 21.6. The SMILES string of the molecule is CC(C)C(Nc1ccnc(-c2c[nH]c3ncc(F)cc23)n1)C(=O)NCC(F)(F)F.CC(C)CCOC(=O)N1CCN(c2ccnc(-c3c[nH]c4ncc(Cl)cc34)n2)[C@@H](C(=O)NCC(F)(F)F)C1.CCC(C)(Nc1nc(-c2c[nH]c3ncc(F)cc23)ncc1F)C(=O)NCC(F)(F)F.O=C(NCC(F)(F)F)[C@@H]1C[C@@H]2CCCC[C@@H]2N1c1nc(-c2c[nH]c3ncc(Cl)cc23)ncc1F. The van der Waals surface area contributed by atoms with Crippen molar-refractivity contribution in [3.05, 3.63) is 144 Å². The van der Waals surface area contributed by atoms with Crippen molar-refractivity contribution in [2.45, 2.75) is 141 Å². The number of carbonyl (C=O) groups excluding carboxylic acids is 5. The summed E-state index contributed by atoms with van der Waals surface area (Å²) in [4.78, 5) is 129. The first-order valence-corrected chi connectivity index (χ1v) is 41.3. The van der Waals surface area contributed by atoms with Crippen molar-refractivity contribution in [1.82, 2.24) is 106 Å². The Balaban J connectivity index is 0.000000159. The van der Waals surface area contributed by atoms with Gasteiger partial charge in [0.1, 0.15) is 95.7 Å². The zero-order valence-electron chi connectivity index (χ0n) is 70.0. The molecule has 12 aromatic heterocycles. The summed E-state index contributed by atoms with van der Waals surface area (Å²) in [5.74, 6) is -5.26. The molecule has 12 aromatic rings. The number of hydrogen-bond acceptors (Lipinski definition) is 22. The highest BCUT2D eigenvalue weighted by molar-refractivity contribution is 6.31. The average molecular weight is 1890 g/mol. The minimum atomic E-state index is -4.59. The average Bonchev–Trinajstić information content (AvgIpc) is 1.60. The Hall–Kier alpha value is -13.1. The van der Waals surface area contributed by atoms with Crippen molar-refractivity contribution in [3.8, 4) is 45.6 Å². The van der Waals surface area contributed by atoms with Gasteiger partial charge >= 0.3 is 30.8 Å². The van der Waals surface area contributed by atoms with Crippen LogP contribution in [0.4, 0.5) is 98.3 Å². The van der Waals surface area contributed by atoms with Crippen molar-refractivity contribution in [1.29, 1.82) is 0 Å². The summed E-state index contributed by atoms with van der Waals surface area (Å²) in [7, 11) is 0. The van der Waals surface area contributed by atoms with Crippen LogP contribution in [0.15, 0.2) is 111 Å². The summed E-state index contributed by atoms with van der Waals surface area (Å²) in [5.41, 5.74) is 2.35. The summed E-state index contributed by atoms with van der Waals surface area (Å²) < 4.78 is 213. The maximum atomic E-state index is 15.1. The van der Waals surface area contributed by atoms with Crippen molar-refractivity contribution < 1.29 is 99.0 Å². The monoisotopic (exact) mass is 1890 g/mol. The molecule has 49 heteroatoms. The molecule has 15 rings (SSSR count). The number of nitrogens with one attached hydrogen (secondary N) is 10. The van der Waals surface area contributed by atoms with Gasteiger partial charge in [0.15, 0.2) is 46.6 Å². The minimum Gasteiger partial charge on any atom is -0.449 e. The molecular formula is C82H83Cl2F16N25O6. The fraction of sp³-hybridized carbons (Fsp3) is 0.402. The molecule has 1 saturated carbocycles. The minimum absolute atomic E-state index is 0.00621. The number of alkyl halides is 12. The Kier molecular flexibility index (Phi) is 30.3. The molecular weight excluding hydrogens is 1810 g/mol. The van der Waals surface area contributed by atoms with Crippen molar-refractivity contribution >= 4 is 120 Å². The lowest BCUT2D eigenvalue weighted by atomic mass is 9.84. The van der Waals surface area contributed by atoms with E-state index in [2.05, 4.69) is 90.4 Å². The van der Waals surface area contributed by atoms with E-state index in [9.17, 15) is 89.8 Å². The van der Waals surface area contributed by atoms with Crippen LogP contribution in [-0.2, 0) is 23.9 Å². The fourth-order valence-electron chi connectivity index (χ4n) is 14.6. The number of fused-ring (bicyclic) bond motifs is 5. The van der Waals surface area contributed by atoms with Gasteiger partial charge in [-0.05, 0) is 93.2 Å². The molecule has 6 atom stereocenters. The maximum Gasteiger partial charge on any atom is 0.409 e. The second kappa shape index (κ2) is 40.9. The van der Waals surface area contributed by atoms with Gasteiger partial charge in [0.05, 0.1) is 48.0 Å². The molecule has 3 aliphatic rings. The number of piperazine rings is 1. The molecule has 698 valence electrons. The number of pyridine rings is 4. The zero-order valence-corrected chi connectivity index (χ0v) is 71.5. The van der Waals surface area contributed by atoms with Crippen LogP contribution < -0.4 is 41.7 Å². The predicted octanol–water partition coefficient (Wildman–Crippen LogP) is 15.5. The standard InChI is InChI=1S/C24H27ClF3N7O3.C22H21ClF4N6O.C18H17F5N6O.C18H18F4N6O/c1-14(2)4-8-38-23(37)34-6-7-35(18(12-34)22(36)32-13-24(26,27)28)19-3-5-29-21(33-19)17-11-31-20-16(17)9-15(25)10-30-20;23-12-6-13-14(8-29-18(13)28-7-12)19-30-9-15(24)20(32-19)33-16-4-2-1-3-11(16)5-17(33)21(34)31-10-22(25,26)27;1-3-17(2,16(30)27-8-18(21,22)23)29-15-12(20)7-26-14(28-15)11-6-25-13-10(11)4-9(19)5-24-13;1-9(2)14(17(29)26-8-18(20,21)22)27-13-3-4-23-16(28-13)12-7-25-15-11(12)5-10(19)6-24-15/h3,5,9-11,14,18H,4,6-8,12-13H2,1-2H3,(H,30,31)(H,32,36);6-9,11,16-17H,1-5,10H2,(H,28,29)(H,31,34);4-7H,3,8H2,1-2H3,(H,24,25)(H,27,30)(H,26,28,29);3-7,9,14H,8H2,1-2H3,(H,24,25)(H,26,29)(H,23,27,28)/t18-;11-,16-,17-;;/m10../s1. The van der Waals surface area contributed by atoms with E-state index in [1.165, 1.54) is 61.0 Å². The number of aromatic amines is 4. The number of aromatic nitrogens is 16. The van der Waals surface area contributed by atoms with Gasteiger partial charge in [-0.25, -0.2) is 82.2 Å². The van der Waals surface area contributed by atoms with Gasteiger partial charge in [0.2, 0.25) is 23.6 Å². The van der Waals surface area contributed by atoms with E-state index in [1.807, 2.05) is 29.8 Å². The molecule has 2 aliphatic heterocycles. The van der Waals surface area contributed by atoms with Gasteiger partial charge in [-0.2, -0.15) is 52.7 Å². The number of rotatable bonds is 23. The molecule has 31 nitrogen and oxygen atoms in total. The van der Waals surface area contributed by atoms with Crippen LogP contribution in [-0.4, -0.2) is 221 Å². The Bertz CT molecular complexity index is 6080. The number of nitrogens with zero attached hydrogens (tertiary/aromatic N) is 15. The first-order valence-electron chi connectivity index (χ1n) is 40.5. The number of ether oxygens (including phenoxy) is 1. The summed E-state index contributed by atoms with van der Waals surface area (Å²) in [6, 6.07) is 5.72. The van der Waals surface area contributed by atoms with Gasteiger partial charge in [-0.1, -0.05) is 70.7 Å². The largest absolute Gasteiger partial charge is 0.449 e. The molecule has 3 fully saturated rings. The Labute approximate surface area is 743 Å². The van der Waals surface area contributed by atoms with Crippen LogP contribution in [0.3, 0.4) is 0 Å². The van der Waals surface area contributed by atoms with Crippen molar-refractivity contribution in [2.75, 3.05) is 72.9 Å². The highest BCUT2D eigenvalue weighted by Crippen LogP contribution is 2.44. The van der Waals surface area contributed by atoms with Crippen LogP contribution in [0.5, 0.6) is 0 Å². The van der Waals surface area contributed by atoms with E-state index in [-0.39, 0.29) is 85.5 Å². The number of hydrogen-bond donors (Lipinski definition) is 10. The molecule has 2 saturated heterocycles. The molecule has 2 unspecified atom stereocenters. The van der Waals surface area contributed by atoms with Crippen molar-refractivity contribution in [3.63, 3.8) is 0 Å². The van der Waals surface area contributed by atoms with Crippen LogP contribution in [0.1, 0.15) is 86.5 Å². The summed E-state index contributed by atoms with van der Waals surface area (Å²) in [6.07, 6.45) is 1.83. The molecule has 10 N–H and O–H groups in total. The first-order chi connectivity index (χ1) is 61.9. The number of amides is 5. The zero-order chi connectivity index (χ0) is 94.8. The first kappa shape index (κ1) is 97.0. The maximum absolute atomic E-state index is 15.1. The Morgan fingerprint density at radius 3 is 1.54 bits per heavy atom. The Morgan fingerprint density at radius 1 is 0.542 bits per heavy atom. The number of anilines is 4. The third-order valence-electron chi connectivity index (χ3n) is 21.2. The summed E-state index contributed by atoms with van der Waals surface area (Å²) >= 11 is 12.2. The van der Waals surface area contributed by atoms with Crippen molar-refractivity contribution in [2.24, 2.45) is 17.8 Å². The molecule has 1 aliphatic carbocycles. The molecule has 131 heavy (non-hydrogen) atoms. The molecule has 0 aromatic carbocycles. The van der Waals surface area contributed by atoms with Gasteiger partial charge < -0.3 is 71.3 Å². The fourth-order valence-corrected chi connectivity index (χ4v) is 14.9. The third kappa shape index (κ3) is 24.9. The quantitative estimate of drug-likeness (QED) is 0.0266. The second-order valence-corrected chi connectivity index (χ2v) is 32.3. The molecule has 14 heterocycles. The van der Waals surface area contributed by atoms with Gasteiger partial charge in [-0.15, -0.1) is 0 Å². The van der Waals surface area contributed by atoms with E-state index in [1.54, 1.807) is 72.7 Å². The van der Waals surface area contributed by atoms with Gasteiger partial charge in [0.25, 0.3) is 0 Å². The highest BCUT2D eigenvalue weighted by Gasteiger charge is 2.48. The number of carbonyl (C=O) groups is 5. The number of halogens is 18. The lowest BCUT2D eigenvalue weighted by Gasteiger charge is -2.40. The van der Waals surface area contributed by atoms with Crippen LogP contribution in [0.25, 0.3) is 89.7 Å². The second-order valence-electron chi connectivity index (χ2n) is 31.5. The summed E-state index contributed by atoms with van der Waals surface area (Å²) in [6.45, 7) is 4.75. The van der Waals surface area contributed by atoms with E-state index in [0.717, 1.165) is 44.0 Å². The normalized spacial score (nSPS) is 16.6. The highest BCUT2D eigenvalue weighted by atomic mass is 35.5. The van der Waals surface area contributed by atoms with Crippen LogP contribution >= 0.6 is 23.2 Å². The summed E-state index contributed by atoms with van der Waals surface area (Å²) in [5, 5.41) is 15.9. The van der Waals surface area contributed by atoms with E-state index in [0.29, 0.717) is 113 Å². The lowest BCUT2D eigenvalue weighted by Crippen LogP contribution is -2.61. The predicted molar refractivity (Wildman–Crippen MR) is 449 cm³/mol. The van der Waals surface area contributed by atoms with E-state index < -0.39 is 128 Å². The Morgan fingerprint density at radius 2 is 1.02 bits per heavy atom.